The van der Waals surface area contributed by atoms with E-state index in [1.54, 1.807) is 6.92 Å². The Morgan fingerprint density at radius 2 is 2.00 bits per heavy atom. The van der Waals surface area contributed by atoms with Crippen LogP contribution in [-0.2, 0) is 15.8 Å². The number of carboxylic acid groups (broad SMARTS) is 1. The lowest BCUT2D eigenvalue weighted by Crippen LogP contribution is -2.15. The molecule has 0 aliphatic rings. The van der Waals surface area contributed by atoms with Crippen LogP contribution >= 0.6 is 0 Å². The van der Waals surface area contributed by atoms with Crippen LogP contribution in [0.5, 0.6) is 0 Å². The first-order chi connectivity index (χ1) is 9.35. The Morgan fingerprint density at radius 3 is 2.50 bits per heavy atom. The summed E-state index contributed by atoms with van der Waals surface area (Å²) in [6.07, 6.45) is 0. The number of rotatable bonds is 5. The standard InChI is InChI=1S/C11H11N3O5S/c1-7-12-11(19-13-7)14-20(17,18)6-8-2-4-9(5-3-8)10(15)16/h2-5H,6H2,1H3,(H,15,16)(H,12,13,14). The molecule has 0 amide bonds. The van der Waals surface area contributed by atoms with E-state index < -0.39 is 16.0 Å². The summed E-state index contributed by atoms with van der Waals surface area (Å²) in [6, 6.07) is 5.34. The van der Waals surface area contributed by atoms with Crippen molar-refractivity contribution in [1.29, 1.82) is 0 Å². The third kappa shape index (κ3) is 3.54. The van der Waals surface area contributed by atoms with Crippen molar-refractivity contribution < 1.29 is 22.8 Å². The second-order valence-electron chi connectivity index (χ2n) is 4.01. The topological polar surface area (TPSA) is 122 Å². The van der Waals surface area contributed by atoms with E-state index in [1.807, 2.05) is 0 Å². The van der Waals surface area contributed by atoms with Gasteiger partial charge in [-0.05, 0) is 24.6 Å². The average Bonchev–Trinajstić information content (AvgIpc) is 2.73. The van der Waals surface area contributed by atoms with Gasteiger partial charge in [-0.1, -0.05) is 17.3 Å². The molecule has 1 heterocycles. The number of aryl methyl sites for hydroxylation is 1. The van der Waals surface area contributed by atoms with Gasteiger partial charge in [0.15, 0.2) is 5.82 Å². The summed E-state index contributed by atoms with van der Waals surface area (Å²) in [5, 5.41) is 12.2. The fourth-order valence-electron chi connectivity index (χ4n) is 1.47. The van der Waals surface area contributed by atoms with Crippen molar-refractivity contribution in [1.82, 2.24) is 10.1 Å². The lowest BCUT2D eigenvalue weighted by atomic mass is 10.1. The summed E-state index contributed by atoms with van der Waals surface area (Å²) < 4.78 is 30.5. The minimum absolute atomic E-state index is 0.0895. The Balaban J connectivity index is 2.09. The highest BCUT2D eigenvalue weighted by Gasteiger charge is 2.15. The molecule has 0 unspecified atom stereocenters. The molecule has 0 spiro atoms. The van der Waals surface area contributed by atoms with Crippen molar-refractivity contribution in [2.24, 2.45) is 0 Å². The number of carboxylic acids is 1. The molecule has 0 aliphatic carbocycles. The average molecular weight is 297 g/mol. The molecule has 0 atom stereocenters. The predicted octanol–water partition coefficient (Wildman–Crippen LogP) is 1.02. The fourth-order valence-corrected chi connectivity index (χ4v) is 2.52. The molecule has 0 saturated carbocycles. The zero-order valence-corrected chi connectivity index (χ0v) is 11.2. The van der Waals surface area contributed by atoms with Gasteiger partial charge in [0.1, 0.15) is 0 Å². The third-order valence-corrected chi connectivity index (χ3v) is 3.53. The van der Waals surface area contributed by atoms with E-state index in [-0.39, 0.29) is 17.3 Å². The predicted molar refractivity (Wildman–Crippen MR) is 68.7 cm³/mol. The molecule has 0 radical (unpaired) electrons. The number of carbonyl (C=O) groups is 1. The molecule has 1 aromatic heterocycles. The summed E-state index contributed by atoms with van der Waals surface area (Å²) in [5.41, 5.74) is 0.533. The van der Waals surface area contributed by atoms with E-state index in [4.69, 9.17) is 5.11 Å². The van der Waals surface area contributed by atoms with E-state index >= 15 is 0 Å². The molecular formula is C11H11N3O5S. The third-order valence-electron chi connectivity index (χ3n) is 2.33. The van der Waals surface area contributed by atoms with Crippen LogP contribution in [0.15, 0.2) is 28.8 Å². The van der Waals surface area contributed by atoms with Gasteiger partial charge in [0.25, 0.3) is 0 Å². The van der Waals surface area contributed by atoms with Crippen molar-refractivity contribution in [3.63, 3.8) is 0 Å². The molecule has 2 N–H and O–H groups in total. The Hall–Kier alpha value is -2.42. The first-order valence-electron chi connectivity index (χ1n) is 5.49. The van der Waals surface area contributed by atoms with Crippen LogP contribution in [0.3, 0.4) is 0 Å². The van der Waals surface area contributed by atoms with Gasteiger partial charge in [-0.15, -0.1) is 0 Å². The maximum Gasteiger partial charge on any atom is 0.335 e. The maximum absolute atomic E-state index is 11.8. The summed E-state index contributed by atoms with van der Waals surface area (Å²) in [4.78, 5) is 14.4. The summed E-state index contributed by atoms with van der Waals surface area (Å²) in [5.74, 6) is -1.08. The maximum atomic E-state index is 11.8. The van der Waals surface area contributed by atoms with Crippen LogP contribution < -0.4 is 4.72 Å². The minimum atomic E-state index is -3.70. The second kappa shape index (κ2) is 5.29. The van der Waals surface area contributed by atoms with Gasteiger partial charge in [0, 0.05) is 0 Å². The Labute approximate surface area is 114 Å². The van der Waals surface area contributed by atoms with Gasteiger partial charge in [-0.25, -0.2) is 17.9 Å². The molecule has 2 aromatic rings. The van der Waals surface area contributed by atoms with Crippen molar-refractivity contribution in [3.8, 4) is 0 Å². The van der Waals surface area contributed by atoms with Gasteiger partial charge in [-0.3, -0.25) is 0 Å². The van der Waals surface area contributed by atoms with Gasteiger partial charge < -0.3 is 9.63 Å². The largest absolute Gasteiger partial charge is 0.478 e. The normalized spacial score (nSPS) is 11.2. The summed E-state index contributed by atoms with van der Waals surface area (Å²) in [6.45, 7) is 1.56. The molecule has 0 saturated heterocycles. The number of nitrogens with zero attached hydrogens (tertiary/aromatic N) is 2. The van der Waals surface area contributed by atoms with Crippen LogP contribution in [0.1, 0.15) is 21.7 Å². The molecule has 20 heavy (non-hydrogen) atoms. The Bertz CT molecular complexity index is 721. The number of anilines is 1. The fraction of sp³-hybridized carbons (Fsp3) is 0.182. The van der Waals surface area contributed by atoms with Crippen molar-refractivity contribution in [2.75, 3.05) is 4.72 Å². The quantitative estimate of drug-likeness (QED) is 0.844. The number of benzene rings is 1. The summed E-state index contributed by atoms with van der Waals surface area (Å²) in [7, 11) is -3.70. The van der Waals surface area contributed by atoms with Crippen LogP contribution in [0, 0.1) is 6.92 Å². The SMILES string of the molecule is Cc1noc(NS(=O)(=O)Cc2ccc(C(=O)O)cc2)n1. The molecule has 106 valence electrons. The monoisotopic (exact) mass is 297 g/mol. The van der Waals surface area contributed by atoms with Gasteiger partial charge in [0.2, 0.25) is 10.0 Å². The highest BCUT2D eigenvalue weighted by atomic mass is 32.2. The molecular weight excluding hydrogens is 286 g/mol. The van der Waals surface area contributed by atoms with Crippen molar-refractivity contribution >= 4 is 22.0 Å². The van der Waals surface area contributed by atoms with E-state index in [2.05, 4.69) is 19.4 Å². The Morgan fingerprint density at radius 1 is 1.35 bits per heavy atom. The molecule has 8 nitrogen and oxygen atoms in total. The number of aromatic carboxylic acids is 1. The van der Waals surface area contributed by atoms with Crippen LogP contribution in [0.4, 0.5) is 6.01 Å². The summed E-state index contributed by atoms with van der Waals surface area (Å²) >= 11 is 0. The minimum Gasteiger partial charge on any atom is -0.478 e. The van der Waals surface area contributed by atoms with Gasteiger partial charge in [0.05, 0.1) is 11.3 Å². The highest BCUT2D eigenvalue weighted by Crippen LogP contribution is 2.12. The lowest BCUT2D eigenvalue weighted by Gasteiger charge is -2.04. The van der Waals surface area contributed by atoms with E-state index in [9.17, 15) is 13.2 Å². The van der Waals surface area contributed by atoms with Gasteiger partial charge in [-0.2, -0.15) is 4.98 Å². The molecule has 0 aliphatic heterocycles. The Kier molecular flexibility index (Phi) is 3.70. The van der Waals surface area contributed by atoms with Crippen LogP contribution in [-0.4, -0.2) is 29.6 Å². The van der Waals surface area contributed by atoms with Crippen molar-refractivity contribution in [2.45, 2.75) is 12.7 Å². The molecule has 1 aromatic carbocycles. The second-order valence-corrected chi connectivity index (χ2v) is 5.73. The number of hydrogen-bond acceptors (Lipinski definition) is 6. The first kappa shape index (κ1) is 14.0. The highest BCUT2D eigenvalue weighted by molar-refractivity contribution is 7.91. The molecule has 9 heteroatoms. The zero-order chi connectivity index (χ0) is 14.8. The number of nitrogens with one attached hydrogen (secondary N) is 1. The number of aromatic nitrogens is 2. The zero-order valence-electron chi connectivity index (χ0n) is 10.4. The number of hydrogen-bond donors (Lipinski definition) is 2. The van der Waals surface area contributed by atoms with Crippen LogP contribution in [0.25, 0.3) is 0 Å². The smallest absolute Gasteiger partial charge is 0.335 e. The molecule has 0 fully saturated rings. The van der Waals surface area contributed by atoms with E-state index in [1.165, 1.54) is 24.3 Å². The number of sulfonamides is 1. The van der Waals surface area contributed by atoms with E-state index in [0.717, 1.165) is 0 Å². The van der Waals surface area contributed by atoms with E-state index in [0.29, 0.717) is 11.4 Å². The molecule has 0 bridgehead atoms. The first-order valence-corrected chi connectivity index (χ1v) is 7.14. The van der Waals surface area contributed by atoms with Crippen LogP contribution in [0.2, 0.25) is 0 Å². The van der Waals surface area contributed by atoms with Gasteiger partial charge >= 0.3 is 12.0 Å². The lowest BCUT2D eigenvalue weighted by molar-refractivity contribution is 0.0697. The van der Waals surface area contributed by atoms with Crippen molar-refractivity contribution in [3.05, 3.63) is 41.2 Å². The molecule has 2 rings (SSSR count).